The fourth-order valence-corrected chi connectivity index (χ4v) is 3.87. The van der Waals surface area contributed by atoms with Crippen LogP contribution in [0.2, 0.25) is 0 Å². The highest BCUT2D eigenvalue weighted by atomic mass is 32.2. The van der Waals surface area contributed by atoms with E-state index >= 15 is 0 Å². The first-order chi connectivity index (χ1) is 11.3. The third-order valence-corrected chi connectivity index (χ3v) is 5.26. The summed E-state index contributed by atoms with van der Waals surface area (Å²) < 4.78 is 37.8. The second-order valence-corrected chi connectivity index (χ2v) is 7.05. The van der Waals surface area contributed by atoms with Gasteiger partial charge in [0.25, 0.3) is 10.1 Å². The standard InChI is InChI=1S/C17H17NO5S/c1-18-16(11-7-9-12(23-2)10-8-11)15(17(18)19)13-5-3-4-6-14(13)24(20,21)22/h3-10,15-16H,1-2H3,(H,20,21,22). The molecule has 0 aromatic heterocycles. The van der Waals surface area contributed by atoms with Crippen molar-refractivity contribution >= 4 is 16.0 Å². The molecule has 1 heterocycles. The van der Waals surface area contributed by atoms with Crippen molar-refractivity contribution in [3.63, 3.8) is 0 Å². The molecule has 6 nitrogen and oxygen atoms in total. The van der Waals surface area contributed by atoms with Gasteiger partial charge in [0, 0.05) is 7.05 Å². The molecule has 2 aromatic rings. The first-order valence-corrected chi connectivity index (χ1v) is 8.75. The SMILES string of the molecule is COc1ccc(C2C(c3ccccc3S(=O)(=O)O)C(=O)N2C)cc1. The fourth-order valence-electron chi connectivity index (χ4n) is 3.13. The van der Waals surface area contributed by atoms with Crippen molar-refractivity contribution in [2.45, 2.75) is 16.9 Å². The van der Waals surface area contributed by atoms with Crippen molar-refractivity contribution < 1.29 is 22.5 Å². The number of amides is 1. The van der Waals surface area contributed by atoms with Gasteiger partial charge in [0.15, 0.2) is 0 Å². The van der Waals surface area contributed by atoms with E-state index in [1.54, 1.807) is 43.3 Å². The number of nitrogens with zero attached hydrogens (tertiary/aromatic N) is 1. The van der Waals surface area contributed by atoms with Gasteiger partial charge in [0.05, 0.1) is 24.0 Å². The van der Waals surface area contributed by atoms with Crippen LogP contribution in [0, 0.1) is 0 Å². The molecular formula is C17H17NO5S. The van der Waals surface area contributed by atoms with Gasteiger partial charge in [-0.1, -0.05) is 30.3 Å². The minimum atomic E-state index is -4.40. The van der Waals surface area contributed by atoms with Crippen LogP contribution >= 0.6 is 0 Å². The van der Waals surface area contributed by atoms with Gasteiger partial charge in [-0.3, -0.25) is 9.35 Å². The van der Waals surface area contributed by atoms with Crippen LogP contribution in [0.5, 0.6) is 5.75 Å². The number of hydrogen-bond donors (Lipinski definition) is 1. The van der Waals surface area contributed by atoms with Crippen molar-refractivity contribution in [2.24, 2.45) is 0 Å². The van der Waals surface area contributed by atoms with Crippen molar-refractivity contribution in [1.82, 2.24) is 4.90 Å². The lowest BCUT2D eigenvalue weighted by Gasteiger charge is -2.46. The Hall–Kier alpha value is -2.38. The van der Waals surface area contributed by atoms with Gasteiger partial charge in [0.1, 0.15) is 5.75 Å². The number of carbonyl (C=O) groups is 1. The molecule has 1 aliphatic heterocycles. The monoisotopic (exact) mass is 347 g/mol. The quantitative estimate of drug-likeness (QED) is 0.677. The van der Waals surface area contributed by atoms with Gasteiger partial charge in [-0.15, -0.1) is 0 Å². The van der Waals surface area contributed by atoms with Gasteiger partial charge in [0.2, 0.25) is 5.91 Å². The lowest BCUT2D eigenvalue weighted by molar-refractivity contribution is -0.147. The summed E-state index contributed by atoms with van der Waals surface area (Å²) in [5.41, 5.74) is 1.18. The molecule has 0 spiro atoms. The van der Waals surface area contributed by atoms with E-state index in [2.05, 4.69) is 0 Å². The summed E-state index contributed by atoms with van der Waals surface area (Å²) in [4.78, 5) is 13.7. The van der Waals surface area contributed by atoms with Crippen molar-refractivity contribution in [3.8, 4) is 5.75 Å². The Bertz CT molecular complexity index is 876. The van der Waals surface area contributed by atoms with Gasteiger partial charge in [-0.25, -0.2) is 0 Å². The predicted octanol–water partition coefficient (Wildman–Crippen LogP) is 2.24. The van der Waals surface area contributed by atoms with Crippen LogP contribution in [0.3, 0.4) is 0 Å². The third-order valence-electron chi connectivity index (χ3n) is 4.34. The highest BCUT2D eigenvalue weighted by Gasteiger charge is 2.48. The maximum atomic E-state index is 12.4. The molecule has 2 unspecified atom stereocenters. The number of carbonyl (C=O) groups excluding carboxylic acids is 1. The zero-order chi connectivity index (χ0) is 17.5. The molecule has 2 atom stereocenters. The third kappa shape index (κ3) is 2.65. The second kappa shape index (κ2) is 5.92. The van der Waals surface area contributed by atoms with Crippen LogP contribution in [0.15, 0.2) is 53.4 Å². The van der Waals surface area contributed by atoms with Crippen LogP contribution in [0.25, 0.3) is 0 Å². The number of methoxy groups -OCH3 is 1. The van der Waals surface area contributed by atoms with E-state index in [-0.39, 0.29) is 16.8 Å². The van der Waals surface area contributed by atoms with Crippen molar-refractivity contribution in [3.05, 3.63) is 59.7 Å². The van der Waals surface area contributed by atoms with E-state index in [1.807, 2.05) is 12.1 Å². The Morgan fingerprint density at radius 3 is 2.29 bits per heavy atom. The number of ether oxygens (including phenoxy) is 1. The van der Waals surface area contributed by atoms with Crippen molar-refractivity contribution in [2.75, 3.05) is 14.2 Å². The number of likely N-dealkylation sites (tertiary alicyclic amines) is 1. The molecule has 1 saturated heterocycles. The maximum Gasteiger partial charge on any atom is 0.294 e. The molecule has 2 aromatic carbocycles. The number of hydrogen-bond acceptors (Lipinski definition) is 4. The second-order valence-electron chi connectivity index (χ2n) is 5.66. The highest BCUT2D eigenvalue weighted by Crippen LogP contribution is 2.47. The summed E-state index contributed by atoms with van der Waals surface area (Å²) >= 11 is 0. The molecule has 0 aliphatic carbocycles. The van der Waals surface area contributed by atoms with Gasteiger partial charge < -0.3 is 9.64 Å². The Labute approximate surface area is 140 Å². The summed E-state index contributed by atoms with van der Waals surface area (Å²) in [5, 5.41) is 0. The number of β-lactam (4-membered cyclic amide) rings is 1. The summed E-state index contributed by atoms with van der Waals surface area (Å²) in [5.74, 6) is -0.143. The smallest absolute Gasteiger partial charge is 0.294 e. The molecule has 1 aliphatic rings. The van der Waals surface area contributed by atoms with Crippen molar-refractivity contribution in [1.29, 1.82) is 0 Å². The molecule has 0 radical (unpaired) electrons. The molecule has 0 saturated carbocycles. The number of benzene rings is 2. The minimum absolute atomic E-state index is 0.188. The largest absolute Gasteiger partial charge is 0.497 e. The number of likely N-dealkylation sites (N-methyl/N-ethyl adjacent to an activating group) is 1. The van der Waals surface area contributed by atoms with E-state index in [1.165, 1.54) is 12.1 Å². The van der Waals surface area contributed by atoms with Crippen LogP contribution in [-0.4, -0.2) is 37.9 Å². The van der Waals surface area contributed by atoms with Gasteiger partial charge in [-0.05, 0) is 29.3 Å². The van der Waals surface area contributed by atoms with Crippen LogP contribution < -0.4 is 4.74 Å². The molecule has 126 valence electrons. The maximum absolute atomic E-state index is 12.4. The van der Waals surface area contributed by atoms with E-state index in [9.17, 15) is 17.8 Å². The molecule has 3 rings (SSSR count). The fraction of sp³-hybridized carbons (Fsp3) is 0.235. The minimum Gasteiger partial charge on any atom is -0.497 e. The van der Waals surface area contributed by atoms with E-state index in [4.69, 9.17) is 4.74 Å². The molecule has 1 N–H and O–H groups in total. The normalized spacial score (nSPS) is 20.6. The average molecular weight is 347 g/mol. The topological polar surface area (TPSA) is 83.9 Å². The highest BCUT2D eigenvalue weighted by molar-refractivity contribution is 7.85. The molecular weight excluding hydrogens is 330 g/mol. The van der Waals surface area contributed by atoms with Gasteiger partial charge >= 0.3 is 0 Å². The first-order valence-electron chi connectivity index (χ1n) is 7.31. The van der Waals surface area contributed by atoms with E-state index < -0.39 is 16.0 Å². The molecule has 1 fully saturated rings. The Morgan fingerprint density at radius 1 is 1.08 bits per heavy atom. The van der Waals surface area contributed by atoms with Crippen LogP contribution in [-0.2, 0) is 14.9 Å². The van der Waals surface area contributed by atoms with E-state index in [0.717, 1.165) is 5.56 Å². The zero-order valence-corrected chi connectivity index (χ0v) is 14.0. The summed E-state index contributed by atoms with van der Waals surface area (Å²) in [6.45, 7) is 0. The molecule has 24 heavy (non-hydrogen) atoms. The average Bonchev–Trinajstić information content (AvgIpc) is 2.58. The number of rotatable bonds is 4. The summed E-state index contributed by atoms with van der Waals surface area (Å²) in [6, 6.07) is 13.0. The first kappa shape index (κ1) is 16.5. The van der Waals surface area contributed by atoms with Crippen LogP contribution in [0.1, 0.15) is 23.1 Å². The van der Waals surface area contributed by atoms with Crippen LogP contribution in [0.4, 0.5) is 0 Å². The van der Waals surface area contributed by atoms with E-state index in [0.29, 0.717) is 11.3 Å². The molecule has 7 heteroatoms. The van der Waals surface area contributed by atoms with Gasteiger partial charge in [-0.2, -0.15) is 8.42 Å². The molecule has 0 bridgehead atoms. The zero-order valence-electron chi connectivity index (χ0n) is 13.2. The lowest BCUT2D eigenvalue weighted by atomic mass is 9.78. The Morgan fingerprint density at radius 2 is 1.71 bits per heavy atom. The Balaban J connectivity index is 2.05. The lowest BCUT2D eigenvalue weighted by Crippen LogP contribution is -2.51. The summed E-state index contributed by atoms with van der Waals surface area (Å²) in [7, 11) is -1.16. The molecule has 1 amide bonds. The summed E-state index contributed by atoms with van der Waals surface area (Å²) in [6.07, 6.45) is 0. The predicted molar refractivity (Wildman–Crippen MR) is 87.5 cm³/mol. The Kier molecular flexibility index (Phi) is 4.06.